The lowest BCUT2D eigenvalue weighted by atomic mass is 10.2. The maximum atomic E-state index is 11.9. The Morgan fingerprint density at radius 2 is 2.00 bits per heavy atom. The summed E-state index contributed by atoms with van der Waals surface area (Å²) in [5.41, 5.74) is 5.42. The Morgan fingerprint density at radius 3 is 2.68 bits per heavy atom. The van der Waals surface area contributed by atoms with E-state index in [1.807, 2.05) is 0 Å². The molecule has 0 fully saturated rings. The molecule has 0 saturated heterocycles. The largest absolute Gasteiger partial charge is 0.367 e. The van der Waals surface area contributed by atoms with Gasteiger partial charge in [-0.05, 0) is 18.2 Å². The van der Waals surface area contributed by atoms with Gasteiger partial charge < -0.3 is 16.0 Å². The molecule has 0 spiro atoms. The first-order valence-electron chi connectivity index (χ1n) is 5.46. The maximum absolute atomic E-state index is 11.9. The molecule has 0 radical (unpaired) electrons. The van der Waals surface area contributed by atoms with Crippen LogP contribution in [0.15, 0.2) is 47.5 Å². The van der Waals surface area contributed by atoms with E-state index in [1.165, 1.54) is 30.6 Å². The summed E-state index contributed by atoms with van der Waals surface area (Å²) in [4.78, 5) is 37.0. The number of rotatable bonds is 3. The number of carbonyl (C=O) groups is 2. The van der Waals surface area contributed by atoms with E-state index in [0.717, 1.165) is 0 Å². The SMILES string of the molecule is NC(=O)c1cccc(NC(=O)c2c[nH]ccc2=O)c1. The number of hydrogen-bond acceptors (Lipinski definition) is 3. The van der Waals surface area contributed by atoms with Gasteiger partial charge in [0.15, 0.2) is 5.43 Å². The van der Waals surface area contributed by atoms with Crippen molar-refractivity contribution < 1.29 is 9.59 Å². The lowest BCUT2D eigenvalue weighted by Crippen LogP contribution is -2.21. The molecule has 0 aliphatic rings. The van der Waals surface area contributed by atoms with Crippen LogP contribution in [0.1, 0.15) is 20.7 Å². The highest BCUT2D eigenvalue weighted by Crippen LogP contribution is 2.10. The molecular formula is C13H11N3O3. The molecule has 1 heterocycles. The second-order valence-corrected chi connectivity index (χ2v) is 3.82. The van der Waals surface area contributed by atoms with Gasteiger partial charge in [-0.2, -0.15) is 0 Å². The Balaban J connectivity index is 2.25. The molecule has 2 rings (SSSR count). The van der Waals surface area contributed by atoms with Crippen molar-refractivity contribution in [2.24, 2.45) is 5.73 Å². The van der Waals surface area contributed by atoms with Crippen LogP contribution in [-0.4, -0.2) is 16.8 Å². The monoisotopic (exact) mass is 257 g/mol. The fourth-order valence-corrected chi connectivity index (χ4v) is 1.54. The summed E-state index contributed by atoms with van der Waals surface area (Å²) >= 11 is 0. The Morgan fingerprint density at radius 1 is 1.21 bits per heavy atom. The average molecular weight is 257 g/mol. The summed E-state index contributed by atoms with van der Waals surface area (Å²) in [6, 6.07) is 7.42. The summed E-state index contributed by atoms with van der Waals surface area (Å²) in [7, 11) is 0. The first-order valence-corrected chi connectivity index (χ1v) is 5.46. The first kappa shape index (κ1) is 12.6. The number of hydrogen-bond donors (Lipinski definition) is 3. The van der Waals surface area contributed by atoms with Crippen LogP contribution in [0, 0.1) is 0 Å². The van der Waals surface area contributed by atoms with E-state index in [9.17, 15) is 14.4 Å². The molecule has 0 aliphatic carbocycles. The fourth-order valence-electron chi connectivity index (χ4n) is 1.54. The zero-order chi connectivity index (χ0) is 13.8. The van der Waals surface area contributed by atoms with E-state index < -0.39 is 11.8 Å². The molecule has 0 atom stereocenters. The fraction of sp³-hybridized carbons (Fsp3) is 0. The molecule has 0 unspecified atom stereocenters. The molecule has 0 saturated carbocycles. The highest BCUT2D eigenvalue weighted by molar-refractivity contribution is 6.04. The van der Waals surface area contributed by atoms with Crippen molar-refractivity contribution in [3.8, 4) is 0 Å². The molecule has 6 heteroatoms. The van der Waals surface area contributed by atoms with Crippen molar-refractivity contribution in [2.45, 2.75) is 0 Å². The standard InChI is InChI=1S/C13H11N3O3/c14-12(18)8-2-1-3-9(6-8)16-13(19)10-7-15-5-4-11(10)17/h1-7H,(H2,14,18)(H,15,17)(H,16,19). The molecule has 19 heavy (non-hydrogen) atoms. The van der Waals surface area contributed by atoms with Gasteiger partial charge in [-0.3, -0.25) is 14.4 Å². The van der Waals surface area contributed by atoms with E-state index in [-0.39, 0.29) is 16.6 Å². The summed E-state index contributed by atoms with van der Waals surface area (Å²) in [6.45, 7) is 0. The highest BCUT2D eigenvalue weighted by Gasteiger charge is 2.10. The van der Waals surface area contributed by atoms with Crippen LogP contribution in [0.25, 0.3) is 0 Å². The molecule has 6 nitrogen and oxygen atoms in total. The first-order chi connectivity index (χ1) is 9.08. The summed E-state index contributed by atoms with van der Waals surface area (Å²) in [5.74, 6) is -1.14. The number of aromatic nitrogens is 1. The minimum atomic E-state index is -0.589. The van der Waals surface area contributed by atoms with Crippen LogP contribution in [0.5, 0.6) is 0 Å². The lowest BCUT2D eigenvalue weighted by Gasteiger charge is -2.05. The van der Waals surface area contributed by atoms with Gasteiger partial charge in [0.25, 0.3) is 5.91 Å². The molecule has 0 aliphatic heterocycles. The molecule has 2 amide bonds. The maximum Gasteiger partial charge on any atom is 0.261 e. The van der Waals surface area contributed by atoms with Crippen LogP contribution in [0.4, 0.5) is 5.69 Å². The number of aromatic amines is 1. The average Bonchev–Trinajstić information content (AvgIpc) is 2.39. The van der Waals surface area contributed by atoms with Crippen LogP contribution in [-0.2, 0) is 0 Å². The number of amides is 2. The van der Waals surface area contributed by atoms with Gasteiger partial charge >= 0.3 is 0 Å². The summed E-state index contributed by atoms with van der Waals surface area (Å²) in [6.07, 6.45) is 2.75. The molecule has 1 aromatic heterocycles. The van der Waals surface area contributed by atoms with E-state index in [4.69, 9.17) is 5.73 Å². The van der Waals surface area contributed by atoms with E-state index in [2.05, 4.69) is 10.3 Å². The smallest absolute Gasteiger partial charge is 0.261 e. The van der Waals surface area contributed by atoms with Crippen molar-refractivity contribution in [1.29, 1.82) is 0 Å². The van der Waals surface area contributed by atoms with Gasteiger partial charge in [-0.1, -0.05) is 6.07 Å². The van der Waals surface area contributed by atoms with Crippen molar-refractivity contribution in [3.05, 3.63) is 64.1 Å². The van der Waals surface area contributed by atoms with Gasteiger partial charge in [0, 0.05) is 29.7 Å². The summed E-state index contributed by atoms with van der Waals surface area (Å²) in [5, 5.41) is 2.53. The molecular weight excluding hydrogens is 246 g/mol. The van der Waals surface area contributed by atoms with Crippen molar-refractivity contribution in [3.63, 3.8) is 0 Å². The van der Waals surface area contributed by atoms with E-state index >= 15 is 0 Å². The predicted molar refractivity (Wildman–Crippen MR) is 70.0 cm³/mol. The third-order valence-electron chi connectivity index (χ3n) is 2.47. The Hall–Kier alpha value is -2.89. The van der Waals surface area contributed by atoms with Crippen LogP contribution in [0.2, 0.25) is 0 Å². The Bertz CT molecular complexity index is 691. The van der Waals surface area contributed by atoms with Gasteiger partial charge in [0.1, 0.15) is 5.56 Å². The number of nitrogens with one attached hydrogen (secondary N) is 2. The number of primary amides is 1. The van der Waals surface area contributed by atoms with Crippen molar-refractivity contribution >= 4 is 17.5 Å². The van der Waals surface area contributed by atoms with Crippen LogP contribution in [0.3, 0.4) is 0 Å². The molecule has 0 bridgehead atoms. The van der Waals surface area contributed by atoms with Crippen molar-refractivity contribution in [2.75, 3.05) is 5.32 Å². The zero-order valence-electron chi connectivity index (χ0n) is 9.84. The third kappa shape index (κ3) is 2.86. The number of pyridine rings is 1. The van der Waals surface area contributed by atoms with E-state index in [0.29, 0.717) is 5.69 Å². The second-order valence-electron chi connectivity index (χ2n) is 3.82. The van der Waals surface area contributed by atoms with E-state index in [1.54, 1.807) is 12.1 Å². The molecule has 4 N–H and O–H groups in total. The second kappa shape index (κ2) is 5.18. The molecule has 1 aromatic carbocycles. The normalized spacial score (nSPS) is 9.89. The summed E-state index contributed by atoms with van der Waals surface area (Å²) < 4.78 is 0. The Kier molecular flexibility index (Phi) is 3.42. The number of carbonyl (C=O) groups excluding carboxylic acids is 2. The number of anilines is 1. The third-order valence-corrected chi connectivity index (χ3v) is 2.47. The van der Waals surface area contributed by atoms with Gasteiger partial charge in [0.2, 0.25) is 5.91 Å². The predicted octanol–water partition coefficient (Wildman–Crippen LogP) is 0.726. The quantitative estimate of drug-likeness (QED) is 0.754. The molecule has 2 aromatic rings. The highest BCUT2D eigenvalue weighted by atomic mass is 16.2. The number of benzene rings is 1. The molecule has 96 valence electrons. The lowest BCUT2D eigenvalue weighted by molar-refractivity contribution is 0.0996. The van der Waals surface area contributed by atoms with Crippen LogP contribution < -0.4 is 16.5 Å². The van der Waals surface area contributed by atoms with Gasteiger partial charge in [-0.25, -0.2) is 0 Å². The topological polar surface area (TPSA) is 105 Å². The van der Waals surface area contributed by atoms with Gasteiger partial charge in [-0.15, -0.1) is 0 Å². The van der Waals surface area contributed by atoms with Crippen molar-refractivity contribution in [1.82, 2.24) is 4.98 Å². The number of nitrogens with two attached hydrogens (primary N) is 1. The van der Waals surface area contributed by atoms with Crippen LogP contribution >= 0.6 is 0 Å². The Labute approximate surface area is 108 Å². The number of H-pyrrole nitrogens is 1. The minimum absolute atomic E-state index is 0.00743. The van der Waals surface area contributed by atoms with Gasteiger partial charge in [0.05, 0.1) is 0 Å². The zero-order valence-corrected chi connectivity index (χ0v) is 9.84. The minimum Gasteiger partial charge on any atom is -0.367 e.